The smallest absolute Gasteiger partial charge is 0.240 e. The maximum atomic E-state index is 12.8. The fourth-order valence-electron chi connectivity index (χ4n) is 3.68. The quantitative estimate of drug-likeness (QED) is 0.768. The lowest BCUT2D eigenvalue weighted by atomic mass is 9.93. The van der Waals surface area contributed by atoms with E-state index in [-0.39, 0.29) is 6.04 Å². The number of rotatable bonds is 7. The van der Waals surface area contributed by atoms with Crippen LogP contribution in [0.1, 0.15) is 58.8 Å². The van der Waals surface area contributed by atoms with Crippen LogP contribution < -0.4 is 5.32 Å². The molecule has 0 aromatic rings. The third-order valence-electron chi connectivity index (χ3n) is 4.89. The predicted molar refractivity (Wildman–Crippen MR) is 79.0 cm³/mol. The Bertz CT molecular complexity index is 284. The number of fused-ring (bicyclic) bond motifs is 1. The normalized spacial score (nSPS) is 29.5. The molecule has 0 radical (unpaired) electrons. The highest BCUT2D eigenvalue weighted by Gasteiger charge is 2.43. The highest BCUT2D eigenvalue weighted by atomic mass is 16.2. The zero-order valence-electron chi connectivity index (χ0n) is 12.7. The predicted octanol–water partition coefficient (Wildman–Crippen LogP) is 2.80. The molecular formula is C16H30N2O. The highest BCUT2D eigenvalue weighted by Crippen LogP contribution is 2.38. The number of amides is 1. The van der Waals surface area contributed by atoms with Crippen molar-refractivity contribution in [1.29, 1.82) is 0 Å². The molecule has 1 aliphatic heterocycles. The van der Waals surface area contributed by atoms with E-state index in [0.717, 1.165) is 38.4 Å². The van der Waals surface area contributed by atoms with Gasteiger partial charge in [0.1, 0.15) is 0 Å². The van der Waals surface area contributed by atoms with Crippen molar-refractivity contribution < 1.29 is 4.79 Å². The summed E-state index contributed by atoms with van der Waals surface area (Å²) < 4.78 is 0. The van der Waals surface area contributed by atoms with Crippen LogP contribution in [0.4, 0.5) is 0 Å². The van der Waals surface area contributed by atoms with Crippen molar-refractivity contribution in [2.45, 2.75) is 64.8 Å². The zero-order valence-corrected chi connectivity index (χ0v) is 12.7. The van der Waals surface area contributed by atoms with Crippen LogP contribution in [-0.4, -0.2) is 36.5 Å². The van der Waals surface area contributed by atoms with E-state index in [1.807, 2.05) is 0 Å². The lowest BCUT2D eigenvalue weighted by Crippen LogP contribution is -2.47. The minimum Gasteiger partial charge on any atom is -0.341 e. The Labute approximate surface area is 118 Å². The molecule has 1 N–H and O–H groups in total. The summed E-state index contributed by atoms with van der Waals surface area (Å²) in [6.07, 6.45) is 8.51. The van der Waals surface area contributed by atoms with Gasteiger partial charge in [-0.15, -0.1) is 0 Å². The first-order chi connectivity index (χ1) is 9.27. The van der Waals surface area contributed by atoms with Crippen LogP contribution in [0.3, 0.4) is 0 Å². The first-order valence-corrected chi connectivity index (χ1v) is 8.30. The average Bonchev–Trinajstić information content (AvgIpc) is 3.00. The van der Waals surface area contributed by atoms with E-state index < -0.39 is 0 Å². The summed E-state index contributed by atoms with van der Waals surface area (Å²) in [6.45, 7) is 7.36. The molecule has 19 heavy (non-hydrogen) atoms. The van der Waals surface area contributed by atoms with Crippen LogP contribution in [0.5, 0.6) is 0 Å². The average molecular weight is 266 g/mol. The molecule has 0 bridgehead atoms. The molecule has 3 atom stereocenters. The Balaban J connectivity index is 1.93. The third kappa shape index (κ3) is 3.50. The molecular weight excluding hydrogens is 236 g/mol. The molecule has 3 heteroatoms. The van der Waals surface area contributed by atoms with Gasteiger partial charge in [0.15, 0.2) is 0 Å². The van der Waals surface area contributed by atoms with Crippen molar-refractivity contribution >= 4 is 5.91 Å². The van der Waals surface area contributed by atoms with E-state index in [1.165, 1.54) is 32.1 Å². The van der Waals surface area contributed by atoms with Crippen molar-refractivity contribution in [1.82, 2.24) is 10.2 Å². The number of nitrogens with zero attached hydrogens (tertiary/aromatic N) is 1. The van der Waals surface area contributed by atoms with Gasteiger partial charge in [0.25, 0.3) is 0 Å². The number of carbonyl (C=O) groups is 1. The standard InChI is InChI=1S/C16H30N2O/c1-3-5-10-18(11-6-4-2)16(19)15-14-9-7-8-13(14)12-17-15/h13-15,17H,3-12H2,1-2H3. The minimum absolute atomic E-state index is 0.126. The first kappa shape index (κ1) is 14.8. The molecule has 3 nitrogen and oxygen atoms in total. The Morgan fingerprint density at radius 1 is 1.16 bits per heavy atom. The zero-order chi connectivity index (χ0) is 13.7. The second kappa shape index (κ2) is 7.28. The van der Waals surface area contributed by atoms with Crippen molar-refractivity contribution in [3.8, 4) is 0 Å². The highest BCUT2D eigenvalue weighted by molar-refractivity contribution is 5.82. The Morgan fingerprint density at radius 3 is 2.47 bits per heavy atom. The van der Waals surface area contributed by atoms with Crippen LogP contribution >= 0.6 is 0 Å². The summed E-state index contributed by atoms with van der Waals surface area (Å²) in [5.74, 6) is 1.78. The summed E-state index contributed by atoms with van der Waals surface area (Å²) in [4.78, 5) is 14.9. The van der Waals surface area contributed by atoms with Crippen LogP contribution in [0, 0.1) is 11.8 Å². The molecule has 1 saturated heterocycles. The number of hydrogen-bond donors (Lipinski definition) is 1. The van der Waals surface area contributed by atoms with Gasteiger partial charge in [-0.3, -0.25) is 4.79 Å². The van der Waals surface area contributed by atoms with Crippen LogP contribution in [0.15, 0.2) is 0 Å². The van der Waals surface area contributed by atoms with E-state index in [4.69, 9.17) is 0 Å². The van der Waals surface area contributed by atoms with Gasteiger partial charge < -0.3 is 10.2 Å². The molecule has 0 spiro atoms. The van der Waals surface area contributed by atoms with Crippen molar-refractivity contribution in [3.63, 3.8) is 0 Å². The molecule has 2 rings (SSSR count). The second-order valence-electron chi connectivity index (χ2n) is 6.27. The van der Waals surface area contributed by atoms with Crippen molar-refractivity contribution in [3.05, 3.63) is 0 Å². The summed E-state index contributed by atoms with van der Waals surface area (Å²) in [5.41, 5.74) is 0. The van der Waals surface area contributed by atoms with E-state index in [1.54, 1.807) is 0 Å². The lowest BCUT2D eigenvalue weighted by Gasteiger charge is -2.28. The number of carbonyl (C=O) groups excluding carboxylic acids is 1. The Kier molecular flexibility index (Phi) is 5.68. The monoisotopic (exact) mass is 266 g/mol. The fraction of sp³-hybridized carbons (Fsp3) is 0.938. The van der Waals surface area contributed by atoms with Crippen LogP contribution in [0.25, 0.3) is 0 Å². The van der Waals surface area contributed by atoms with Gasteiger partial charge in [0.05, 0.1) is 6.04 Å². The molecule has 0 aromatic carbocycles. The lowest BCUT2D eigenvalue weighted by molar-refractivity contribution is -0.134. The van der Waals surface area contributed by atoms with Gasteiger partial charge in [-0.2, -0.15) is 0 Å². The Morgan fingerprint density at radius 2 is 1.84 bits per heavy atom. The van der Waals surface area contributed by atoms with Crippen LogP contribution in [-0.2, 0) is 4.79 Å². The van der Waals surface area contributed by atoms with E-state index >= 15 is 0 Å². The summed E-state index contributed by atoms with van der Waals surface area (Å²) in [6, 6.07) is 0.126. The molecule has 3 unspecified atom stereocenters. The van der Waals surface area contributed by atoms with Gasteiger partial charge in [0, 0.05) is 13.1 Å². The topological polar surface area (TPSA) is 32.3 Å². The van der Waals surface area contributed by atoms with Crippen LogP contribution in [0.2, 0.25) is 0 Å². The molecule has 1 saturated carbocycles. The summed E-state index contributed by atoms with van der Waals surface area (Å²) in [7, 11) is 0. The number of unbranched alkanes of at least 4 members (excludes halogenated alkanes) is 2. The molecule has 1 amide bonds. The van der Waals surface area contributed by atoms with Crippen molar-refractivity contribution in [2.24, 2.45) is 11.8 Å². The molecule has 0 aromatic heterocycles. The van der Waals surface area contributed by atoms with E-state index in [9.17, 15) is 4.79 Å². The van der Waals surface area contributed by atoms with Gasteiger partial charge in [0.2, 0.25) is 5.91 Å². The fourth-order valence-corrected chi connectivity index (χ4v) is 3.68. The van der Waals surface area contributed by atoms with E-state index in [0.29, 0.717) is 11.8 Å². The summed E-state index contributed by atoms with van der Waals surface area (Å²) >= 11 is 0. The molecule has 110 valence electrons. The van der Waals surface area contributed by atoms with Gasteiger partial charge in [-0.05, 0) is 44.1 Å². The number of hydrogen-bond acceptors (Lipinski definition) is 2. The van der Waals surface area contributed by atoms with Crippen molar-refractivity contribution in [2.75, 3.05) is 19.6 Å². The molecule has 2 fully saturated rings. The third-order valence-corrected chi connectivity index (χ3v) is 4.89. The van der Waals surface area contributed by atoms with Gasteiger partial charge in [-0.25, -0.2) is 0 Å². The SMILES string of the molecule is CCCCN(CCCC)C(=O)C1NCC2CCCC21. The largest absolute Gasteiger partial charge is 0.341 e. The van der Waals surface area contributed by atoms with Gasteiger partial charge in [-0.1, -0.05) is 33.1 Å². The maximum absolute atomic E-state index is 12.8. The minimum atomic E-state index is 0.126. The number of nitrogens with one attached hydrogen (secondary N) is 1. The summed E-state index contributed by atoms with van der Waals surface area (Å²) in [5, 5.41) is 3.50. The maximum Gasteiger partial charge on any atom is 0.240 e. The first-order valence-electron chi connectivity index (χ1n) is 8.30. The second-order valence-corrected chi connectivity index (χ2v) is 6.27. The molecule has 1 aliphatic carbocycles. The van der Waals surface area contributed by atoms with E-state index in [2.05, 4.69) is 24.1 Å². The molecule has 2 aliphatic rings. The molecule has 1 heterocycles. The van der Waals surface area contributed by atoms with Gasteiger partial charge >= 0.3 is 0 Å². The Hall–Kier alpha value is -0.570.